The lowest BCUT2D eigenvalue weighted by Gasteiger charge is -2.13. The highest BCUT2D eigenvalue weighted by molar-refractivity contribution is 5.97. The normalized spacial score (nSPS) is 10.2. The number of pyridine rings is 1. The molecule has 0 spiro atoms. The van der Waals surface area contributed by atoms with Gasteiger partial charge < -0.3 is 15.2 Å². The van der Waals surface area contributed by atoms with Crippen LogP contribution in [0.1, 0.15) is 46.0 Å². The number of carbonyl (C=O) groups excluding carboxylic acids is 3. The van der Waals surface area contributed by atoms with Crippen LogP contribution in [0.3, 0.4) is 0 Å². The van der Waals surface area contributed by atoms with Crippen molar-refractivity contribution in [3.8, 4) is 11.5 Å². The van der Waals surface area contributed by atoms with Crippen molar-refractivity contribution in [3.63, 3.8) is 0 Å². The first-order chi connectivity index (χ1) is 13.3. The lowest BCUT2D eigenvalue weighted by atomic mass is 10.0. The third-order valence-electron chi connectivity index (χ3n) is 3.89. The highest BCUT2D eigenvalue weighted by Crippen LogP contribution is 2.29. The van der Waals surface area contributed by atoms with E-state index in [4.69, 9.17) is 9.94 Å². The third-order valence-corrected chi connectivity index (χ3v) is 3.89. The van der Waals surface area contributed by atoms with E-state index in [1.807, 2.05) is 6.92 Å². The summed E-state index contributed by atoms with van der Waals surface area (Å²) in [4.78, 5) is 38.7. The maximum absolute atomic E-state index is 12.0. The summed E-state index contributed by atoms with van der Waals surface area (Å²) in [5, 5.41) is 20.7. The number of ketones is 1. The van der Waals surface area contributed by atoms with Gasteiger partial charge >= 0.3 is 0 Å². The maximum atomic E-state index is 12.0. The second kappa shape index (κ2) is 9.47. The second-order valence-electron chi connectivity index (χ2n) is 5.91. The average Bonchev–Trinajstić information content (AvgIpc) is 2.70. The zero-order chi connectivity index (χ0) is 20.7. The molecule has 0 aliphatic heterocycles. The van der Waals surface area contributed by atoms with Crippen LogP contribution in [-0.2, 0) is 17.8 Å². The van der Waals surface area contributed by atoms with Crippen LogP contribution in [-0.4, -0.2) is 39.4 Å². The number of aromatic hydroxyl groups is 1. The van der Waals surface area contributed by atoms with E-state index in [-0.39, 0.29) is 35.9 Å². The molecule has 0 radical (unpaired) electrons. The van der Waals surface area contributed by atoms with Crippen LogP contribution in [0.4, 0.5) is 0 Å². The quantitative estimate of drug-likeness (QED) is 0.305. The summed E-state index contributed by atoms with van der Waals surface area (Å²) in [7, 11) is 0. The number of aryl methyl sites for hydroxylation is 1. The van der Waals surface area contributed by atoms with E-state index < -0.39 is 11.8 Å². The summed E-state index contributed by atoms with van der Waals surface area (Å²) in [6, 6.07) is 7.73. The smallest absolute Gasteiger partial charge is 0.270 e. The topological polar surface area (TPSA) is 138 Å². The summed E-state index contributed by atoms with van der Waals surface area (Å²) < 4.78 is 5.72. The molecule has 1 aromatic carbocycles. The number of nitrogens with one attached hydrogen (secondary N) is 2. The first-order valence-electron chi connectivity index (χ1n) is 8.52. The lowest BCUT2D eigenvalue weighted by molar-refractivity contribution is -0.128. The van der Waals surface area contributed by atoms with E-state index >= 15 is 0 Å². The number of Topliss-reactive ketones (excluding diaryl/α,β-unsaturated/α-hetero) is 1. The third kappa shape index (κ3) is 5.27. The number of aromatic nitrogens is 1. The van der Waals surface area contributed by atoms with Crippen LogP contribution >= 0.6 is 0 Å². The van der Waals surface area contributed by atoms with Crippen LogP contribution in [0.2, 0.25) is 0 Å². The largest absolute Gasteiger partial charge is 0.507 e. The van der Waals surface area contributed by atoms with Crippen molar-refractivity contribution in [3.05, 3.63) is 52.8 Å². The highest BCUT2D eigenvalue weighted by atomic mass is 16.5. The van der Waals surface area contributed by atoms with Crippen LogP contribution in [0.15, 0.2) is 30.3 Å². The molecule has 0 bridgehead atoms. The second-order valence-corrected chi connectivity index (χ2v) is 5.91. The Kier molecular flexibility index (Phi) is 7.05. The van der Waals surface area contributed by atoms with Gasteiger partial charge in [0.1, 0.15) is 23.8 Å². The number of amides is 2. The van der Waals surface area contributed by atoms with Crippen molar-refractivity contribution in [1.29, 1.82) is 0 Å². The molecule has 0 aliphatic rings. The number of hydrogen-bond donors (Lipinski definition) is 4. The van der Waals surface area contributed by atoms with Gasteiger partial charge in [-0.2, -0.15) is 0 Å². The van der Waals surface area contributed by atoms with Gasteiger partial charge in [-0.1, -0.05) is 13.0 Å². The molecule has 0 atom stereocenters. The van der Waals surface area contributed by atoms with E-state index in [1.165, 1.54) is 24.5 Å². The first-order valence-corrected chi connectivity index (χ1v) is 8.52. The van der Waals surface area contributed by atoms with Gasteiger partial charge in [-0.05, 0) is 37.1 Å². The standard InChI is InChI=1S/C19H21N3O6/c1-3-12-7-14(11(2)23)16(24)8-17(12)28-10-13-5-4-6-15(21-13)19(26)20-9-18(25)22-27/h4-8,24,27H,3,9-10H2,1-2H3,(H,20,26)(H,22,25). The Hall–Kier alpha value is -3.46. The molecule has 9 nitrogen and oxygen atoms in total. The van der Waals surface area contributed by atoms with Gasteiger partial charge in [0, 0.05) is 6.07 Å². The summed E-state index contributed by atoms with van der Waals surface area (Å²) in [5.74, 6) is -1.32. The van der Waals surface area contributed by atoms with Gasteiger partial charge in [0.2, 0.25) is 0 Å². The Bertz CT molecular complexity index is 897. The molecule has 148 valence electrons. The zero-order valence-corrected chi connectivity index (χ0v) is 15.5. The molecule has 2 rings (SSSR count). The van der Waals surface area contributed by atoms with Crippen LogP contribution in [0.5, 0.6) is 11.5 Å². The van der Waals surface area contributed by atoms with Gasteiger partial charge in [-0.15, -0.1) is 0 Å². The van der Waals surface area contributed by atoms with Crippen molar-refractivity contribution in [1.82, 2.24) is 15.8 Å². The van der Waals surface area contributed by atoms with Crippen molar-refractivity contribution >= 4 is 17.6 Å². The summed E-state index contributed by atoms with van der Waals surface area (Å²) >= 11 is 0. The Balaban J connectivity index is 2.11. The minimum atomic E-state index is -0.756. The van der Waals surface area contributed by atoms with Crippen molar-refractivity contribution in [2.75, 3.05) is 6.54 Å². The number of nitrogens with zero attached hydrogens (tertiary/aromatic N) is 1. The summed E-state index contributed by atoms with van der Waals surface area (Å²) in [6.07, 6.45) is 0.596. The molecule has 4 N–H and O–H groups in total. The number of phenolic OH excluding ortho intramolecular Hbond substituents is 1. The number of hydroxylamine groups is 1. The van der Waals surface area contributed by atoms with Crippen LogP contribution < -0.4 is 15.5 Å². The van der Waals surface area contributed by atoms with E-state index in [1.54, 1.807) is 18.2 Å². The number of phenols is 1. The first kappa shape index (κ1) is 20.8. The lowest BCUT2D eigenvalue weighted by Crippen LogP contribution is -2.35. The van der Waals surface area contributed by atoms with Crippen molar-refractivity contribution in [2.45, 2.75) is 26.9 Å². The van der Waals surface area contributed by atoms with Gasteiger partial charge in [-0.25, -0.2) is 10.5 Å². The maximum Gasteiger partial charge on any atom is 0.270 e. The summed E-state index contributed by atoms with van der Waals surface area (Å²) in [6.45, 7) is 2.91. The molecule has 0 fully saturated rings. The molecule has 28 heavy (non-hydrogen) atoms. The van der Waals surface area contributed by atoms with Gasteiger partial charge in [0.25, 0.3) is 11.8 Å². The molecule has 9 heteroatoms. The minimum absolute atomic E-state index is 0.0318. The SMILES string of the molecule is CCc1cc(C(C)=O)c(O)cc1OCc1cccc(C(=O)NCC(=O)NO)n1. The van der Waals surface area contributed by atoms with Crippen molar-refractivity contribution in [2.24, 2.45) is 0 Å². The fourth-order valence-corrected chi connectivity index (χ4v) is 2.44. The Morgan fingerprint density at radius 1 is 1.21 bits per heavy atom. The van der Waals surface area contributed by atoms with E-state index in [0.29, 0.717) is 17.9 Å². The Morgan fingerprint density at radius 2 is 1.96 bits per heavy atom. The molecule has 1 aromatic heterocycles. The molecule has 0 saturated carbocycles. The Morgan fingerprint density at radius 3 is 2.61 bits per heavy atom. The molecular formula is C19H21N3O6. The molecule has 1 heterocycles. The molecule has 0 aliphatic carbocycles. The number of carbonyl (C=O) groups is 3. The van der Waals surface area contributed by atoms with E-state index in [2.05, 4.69) is 10.3 Å². The van der Waals surface area contributed by atoms with Crippen molar-refractivity contribution < 1.29 is 29.4 Å². The monoisotopic (exact) mass is 387 g/mol. The minimum Gasteiger partial charge on any atom is -0.507 e. The summed E-state index contributed by atoms with van der Waals surface area (Å²) in [5.41, 5.74) is 2.93. The van der Waals surface area contributed by atoms with E-state index in [9.17, 15) is 19.5 Å². The zero-order valence-electron chi connectivity index (χ0n) is 15.5. The molecular weight excluding hydrogens is 366 g/mol. The molecule has 2 amide bonds. The van der Waals surface area contributed by atoms with Gasteiger partial charge in [0.05, 0.1) is 17.8 Å². The Labute approximate surface area is 161 Å². The highest BCUT2D eigenvalue weighted by Gasteiger charge is 2.14. The fourth-order valence-electron chi connectivity index (χ4n) is 2.44. The predicted molar refractivity (Wildman–Crippen MR) is 98.3 cm³/mol. The number of ether oxygens (including phenoxy) is 1. The molecule has 0 saturated heterocycles. The average molecular weight is 387 g/mol. The van der Waals surface area contributed by atoms with Crippen LogP contribution in [0.25, 0.3) is 0 Å². The molecule has 0 unspecified atom stereocenters. The van der Waals surface area contributed by atoms with Gasteiger partial charge in [0.15, 0.2) is 5.78 Å². The number of rotatable bonds is 8. The van der Waals surface area contributed by atoms with E-state index in [0.717, 1.165) is 5.56 Å². The molecule has 2 aromatic rings. The fraction of sp³-hybridized carbons (Fsp3) is 0.263. The van der Waals surface area contributed by atoms with Crippen LogP contribution in [0, 0.1) is 0 Å². The van der Waals surface area contributed by atoms with Gasteiger partial charge in [-0.3, -0.25) is 19.6 Å². The number of benzene rings is 1. The number of hydrogen-bond acceptors (Lipinski definition) is 7. The predicted octanol–water partition coefficient (Wildman–Crippen LogP) is 1.37.